The topological polar surface area (TPSA) is 72.6 Å². The van der Waals surface area contributed by atoms with E-state index in [9.17, 15) is 0 Å². The summed E-state index contributed by atoms with van der Waals surface area (Å²) in [6, 6.07) is 2.15. The number of rotatable bonds is 2. The molecule has 4 heterocycles. The fraction of sp³-hybridized carbons (Fsp3) is 0.250. The van der Waals surface area contributed by atoms with Crippen LogP contribution in [0.3, 0.4) is 0 Å². The van der Waals surface area contributed by atoms with Crippen LogP contribution in [0.1, 0.15) is 10.4 Å². The highest BCUT2D eigenvalue weighted by molar-refractivity contribution is 7.10. The summed E-state index contributed by atoms with van der Waals surface area (Å²) in [4.78, 5) is 20.2. The van der Waals surface area contributed by atoms with E-state index in [-0.39, 0.29) is 5.28 Å². The molecule has 0 unspecified atom stereocenters. The maximum atomic E-state index is 6.02. The van der Waals surface area contributed by atoms with E-state index in [4.69, 9.17) is 11.6 Å². The lowest BCUT2D eigenvalue weighted by Gasteiger charge is -2.26. The van der Waals surface area contributed by atoms with Crippen LogP contribution in [-0.4, -0.2) is 36.3 Å². The molecule has 3 aromatic heterocycles. The Bertz CT molecular complexity index is 770. The lowest BCUT2D eigenvalue weighted by Crippen LogP contribution is -2.31. The van der Waals surface area contributed by atoms with Crippen LogP contribution in [0.5, 0.6) is 0 Å². The van der Waals surface area contributed by atoms with Gasteiger partial charge in [0.1, 0.15) is 12.7 Å². The first-order valence-electron chi connectivity index (χ1n) is 6.36. The van der Waals surface area contributed by atoms with E-state index in [1.807, 2.05) is 0 Å². The van der Waals surface area contributed by atoms with Gasteiger partial charge in [0.25, 0.3) is 5.95 Å². The van der Waals surface area contributed by atoms with Crippen molar-refractivity contribution in [3.05, 3.63) is 39.8 Å². The van der Waals surface area contributed by atoms with Gasteiger partial charge in [0.2, 0.25) is 11.2 Å². The van der Waals surface area contributed by atoms with Gasteiger partial charge in [0, 0.05) is 18.0 Å². The number of nitrogens with zero attached hydrogens (tertiary/aromatic N) is 7. The summed E-state index contributed by atoms with van der Waals surface area (Å²) >= 11 is 7.82. The zero-order chi connectivity index (χ0) is 14.2. The number of thiophene rings is 1. The van der Waals surface area contributed by atoms with Gasteiger partial charge in [0.05, 0.1) is 0 Å². The molecule has 0 spiro atoms. The van der Waals surface area contributed by atoms with Crippen molar-refractivity contribution in [2.24, 2.45) is 0 Å². The molecule has 9 heteroatoms. The van der Waals surface area contributed by atoms with Crippen molar-refractivity contribution in [2.75, 3.05) is 11.4 Å². The molecule has 1 aliphatic heterocycles. The largest absolute Gasteiger partial charge is 0.336 e. The van der Waals surface area contributed by atoms with Crippen molar-refractivity contribution < 1.29 is 0 Å². The van der Waals surface area contributed by atoms with Gasteiger partial charge in [-0.1, -0.05) is 0 Å². The normalized spacial score (nSPS) is 14.2. The Morgan fingerprint density at radius 2 is 2.10 bits per heavy atom. The fourth-order valence-corrected chi connectivity index (χ4v) is 3.34. The van der Waals surface area contributed by atoms with Gasteiger partial charge in [0.15, 0.2) is 0 Å². The minimum Gasteiger partial charge on any atom is -0.336 e. The fourth-order valence-electron chi connectivity index (χ4n) is 2.30. The number of fused-ring (bicyclic) bond motifs is 1. The summed E-state index contributed by atoms with van der Waals surface area (Å²) in [5.41, 5.74) is 1.32. The van der Waals surface area contributed by atoms with Crippen molar-refractivity contribution in [1.29, 1.82) is 0 Å². The number of hydrogen-bond acceptors (Lipinski definition) is 7. The zero-order valence-corrected chi connectivity index (χ0v) is 12.4. The van der Waals surface area contributed by atoms with Crippen molar-refractivity contribution in [1.82, 2.24) is 29.7 Å². The molecular weight excluding hydrogens is 310 g/mol. The third kappa shape index (κ3) is 2.36. The molecule has 0 saturated carbocycles. The van der Waals surface area contributed by atoms with Gasteiger partial charge in [-0.25, -0.2) is 4.98 Å². The Morgan fingerprint density at radius 1 is 1.19 bits per heavy atom. The average Bonchev–Trinajstić information content (AvgIpc) is 3.17. The summed E-state index contributed by atoms with van der Waals surface area (Å²) in [5, 5.41) is 6.29. The molecule has 0 saturated heterocycles. The molecule has 0 aliphatic carbocycles. The van der Waals surface area contributed by atoms with Crippen molar-refractivity contribution >= 4 is 28.9 Å². The molecule has 4 rings (SSSR count). The second-order valence-corrected chi connectivity index (χ2v) is 5.92. The average molecular weight is 320 g/mol. The number of aromatic nitrogens is 6. The molecule has 0 atom stereocenters. The van der Waals surface area contributed by atoms with Crippen molar-refractivity contribution in [3.63, 3.8) is 0 Å². The van der Waals surface area contributed by atoms with Crippen LogP contribution in [0, 0.1) is 0 Å². The molecule has 3 aromatic rings. The highest BCUT2D eigenvalue weighted by Gasteiger charge is 2.21. The van der Waals surface area contributed by atoms with Crippen LogP contribution in [0.2, 0.25) is 5.28 Å². The standard InChI is InChI=1S/C12H10ClN7S/c13-10-16-11(18-12(17-10)20-7-14-6-15-20)19-3-1-9-8(5-19)2-4-21-9/h2,4,6-7H,1,3,5H2. The summed E-state index contributed by atoms with van der Waals surface area (Å²) in [7, 11) is 0. The predicted octanol–water partition coefficient (Wildman–Crippen LogP) is 1.73. The molecule has 106 valence electrons. The lowest BCUT2D eigenvalue weighted by molar-refractivity contribution is 0.701. The summed E-state index contributed by atoms with van der Waals surface area (Å²) < 4.78 is 1.47. The second-order valence-electron chi connectivity index (χ2n) is 4.59. The van der Waals surface area contributed by atoms with Crippen molar-refractivity contribution in [3.8, 4) is 5.95 Å². The van der Waals surface area contributed by atoms with E-state index in [2.05, 4.69) is 41.4 Å². The van der Waals surface area contributed by atoms with Crippen LogP contribution in [0.4, 0.5) is 5.95 Å². The zero-order valence-electron chi connectivity index (χ0n) is 10.8. The van der Waals surface area contributed by atoms with Gasteiger partial charge in [-0.05, 0) is 35.0 Å². The van der Waals surface area contributed by atoms with E-state index in [1.165, 1.54) is 27.8 Å². The monoisotopic (exact) mass is 319 g/mol. The second kappa shape index (κ2) is 5.05. The molecule has 0 radical (unpaired) electrons. The molecule has 0 aromatic carbocycles. The smallest absolute Gasteiger partial charge is 0.258 e. The lowest BCUT2D eigenvalue weighted by atomic mass is 10.1. The molecule has 0 N–H and O–H groups in total. The third-order valence-electron chi connectivity index (χ3n) is 3.30. The Morgan fingerprint density at radius 3 is 2.95 bits per heavy atom. The van der Waals surface area contributed by atoms with E-state index >= 15 is 0 Å². The third-order valence-corrected chi connectivity index (χ3v) is 4.49. The first-order valence-corrected chi connectivity index (χ1v) is 7.62. The van der Waals surface area contributed by atoms with Gasteiger partial charge in [-0.3, -0.25) is 0 Å². The maximum absolute atomic E-state index is 6.02. The Hall–Kier alpha value is -2.06. The first-order chi connectivity index (χ1) is 10.3. The molecule has 0 fully saturated rings. The van der Waals surface area contributed by atoms with Gasteiger partial charge in [-0.15, -0.1) is 11.3 Å². The minimum atomic E-state index is 0.154. The predicted molar refractivity (Wildman–Crippen MR) is 78.8 cm³/mol. The van der Waals surface area contributed by atoms with E-state index in [1.54, 1.807) is 11.3 Å². The molecule has 21 heavy (non-hydrogen) atoms. The molecule has 0 amide bonds. The van der Waals surface area contributed by atoms with Crippen LogP contribution >= 0.6 is 22.9 Å². The highest BCUT2D eigenvalue weighted by Crippen LogP contribution is 2.26. The summed E-state index contributed by atoms with van der Waals surface area (Å²) in [6.45, 7) is 1.65. The Balaban J connectivity index is 1.70. The van der Waals surface area contributed by atoms with Crippen LogP contribution in [0.25, 0.3) is 5.95 Å². The van der Waals surface area contributed by atoms with Gasteiger partial charge in [-0.2, -0.15) is 24.7 Å². The number of halogens is 1. The number of anilines is 1. The Labute approximate surface area is 129 Å². The van der Waals surface area contributed by atoms with Gasteiger partial charge >= 0.3 is 0 Å². The quantitative estimate of drug-likeness (QED) is 0.716. The molecule has 0 bridgehead atoms. The SMILES string of the molecule is Clc1nc(N2CCc3sccc3C2)nc(-n2cncn2)n1. The summed E-state index contributed by atoms with van der Waals surface area (Å²) in [6.07, 6.45) is 3.95. The van der Waals surface area contributed by atoms with Crippen LogP contribution < -0.4 is 4.90 Å². The minimum absolute atomic E-state index is 0.154. The van der Waals surface area contributed by atoms with Crippen LogP contribution in [-0.2, 0) is 13.0 Å². The summed E-state index contributed by atoms with van der Waals surface area (Å²) in [5.74, 6) is 0.941. The maximum Gasteiger partial charge on any atom is 0.258 e. The molecular formula is C12H10ClN7S. The van der Waals surface area contributed by atoms with Crippen molar-refractivity contribution in [2.45, 2.75) is 13.0 Å². The van der Waals surface area contributed by atoms with E-state index < -0.39 is 0 Å². The Kier molecular flexibility index (Phi) is 3.04. The van der Waals surface area contributed by atoms with E-state index in [0.717, 1.165) is 19.5 Å². The highest BCUT2D eigenvalue weighted by atomic mass is 35.5. The van der Waals surface area contributed by atoms with E-state index in [0.29, 0.717) is 11.9 Å². The van der Waals surface area contributed by atoms with Crippen LogP contribution in [0.15, 0.2) is 24.1 Å². The molecule has 7 nitrogen and oxygen atoms in total. The van der Waals surface area contributed by atoms with Gasteiger partial charge < -0.3 is 4.90 Å². The molecule has 1 aliphatic rings. The number of hydrogen-bond donors (Lipinski definition) is 0. The first kappa shape index (κ1) is 12.7.